The van der Waals surface area contributed by atoms with Crippen molar-refractivity contribution in [1.29, 1.82) is 0 Å². The van der Waals surface area contributed by atoms with Crippen molar-refractivity contribution >= 4 is 0 Å². The third-order valence-electron chi connectivity index (χ3n) is 4.02. The van der Waals surface area contributed by atoms with Crippen molar-refractivity contribution in [1.82, 2.24) is 0 Å². The first kappa shape index (κ1) is 13.5. The predicted octanol–water partition coefficient (Wildman–Crippen LogP) is 3.08. The molecule has 3 heteroatoms. The Hall–Kier alpha value is -0.930. The zero-order chi connectivity index (χ0) is 13.1. The number of aliphatic hydroxyl groups is 1. The Morgan fingerprint density at radius 1 is 1.28 bits per heavy atom. The van der Waals surface area contributed by atoms with Crippen LogP contribution in [0.1, 0.15) is 49.3 Å². The zero-order valence-electron chi connectivity index (χ0n) is 10.9. The third-order valence-corrected chi connectivity index (χ3v) is 4.02. The molecular weight excluding hydrogens is 229 g/mol. The summed E-state index contributed by atoms with van der Waals surface area (Å²) in [5.74, 6) is -0.0909. The second kappa shape index (κ2) is 5.81. The molecular formula is C15H22FNO. The van der Waals surface area contributed by atoms with Gasteiger partial charge in [0.25, 0.3) is 0 Å². The van der Waals surface area contributed by atoms with Crippen LogP contribution in [-0.2, 0) is 0 Å². The van der Waals surface area contributed by atoms with Gasteiger partial charge in [-0.25, -0.2) is 4.39 Å². The van der Waals surface area contributed by atoms with Crippen molar-refractivity contribution in [3.05, 3.63) is 35.1 Å². The van der Waals surface area contributed by atoms with Crippen LogP contribution < -0.4 is 5.73 Å². The van der Waals surface area contributed by atoms with E-state index in [9.17, 15) is 9.50 Å². The van der Waals surface area contributed by atoms with Gasteiger partial charge in [-0.05, 0) is 37.3 Å². The Kier molecular flexibility index (Phi) is 4.36. The molecule has 1 aromatic rings. The molecule has 0 aromatic heterocycles. The fourth-order valence-electron chi connectivity index (χ4n) is 2.86. The first-order valence-corrected chi connectivity index (χ1v) is 6.79. The Morgan fingerprint density at radius 2 is 1.94 bits per heavy atom. The minimum atomic E-state index is -0.637. The maximum Gasteiger partial charge on any atom is 0.128 e. The van der Waals surface area contributed by atoms with Crippen molar-refractivity contribution in [3.8, 4) is 0 Å². The van der Waals surface area contributed by atoms with Crippen LogP contribution >= 0.6 is 0 Å². The summed E-state index contributed by atoms with van der Waals surface area (Å²) in [6.07, 6.45) is 4.89. The summed E-state index contributed by atoms with van der Waals surface area (Å²) in [6, 6.07) is 4.39. The lowest BCUT2D eigenvalue weighted by Gasteiger charge is -2.30. The fourth-order valence-corrected chi connectivity index (χ4v) is 2.86. The van der Waals surface area contributed by atoms with Gasteiger partial charge in [0.1, 0.15) is 5.82 Å². The number of halogens is 1. The van der Waals surface area contributed by atoms with E-state index in [0.717, 1.165) is 31.2 Å². The highest BCUT2D eigenvalue weighted by Gasteiger charge is 2.28. The van der Waals surface area contributed by atoms with Crippen molar-refractivity contribution in [2.75, 3.05) is 0 Å². The van der Waals surface area contributed by atoms with E-state index in [2.05, 4.69) is 0 Å². The molecule has 1 aromatic carbocycles. The van der Waals surface area contributed by atoms with E-state index in [0.29, 0.717) is 5.56 Å². The van der Waals surface area contributed by atoms with E-state index < -0.39 is 12.1 Å². The summed E-state index contributed by atoms with van der Waals surface area (Å²) in [5.41, 5.74) is 7.33. The Balaban J connectivity index is 2.11. The van der Waals surface area contributed by atoms with Gasteiger partial charge in [0.2, 0.25) is 0 Å². The van der Waals surface area contributed by atoms with Gasteiger partial charge in [-0.15, -0.1) is 0 Å². The molecule has 0 unspecified atom stereocenters. The summed E-state index contributed by atoms with van der Waals surface area (Å²) >= 11 is 0. The Bertz CT molecular complexity index is 401. The minimum absolute atomic E-state index is 0.217. The van der Waals surface area contributed by atoms with E-state index >= 15 is 0 Å². The predicted molar refractivity (Wildman–Crippen MR) is 70.6 cm³/mol. The van der Waals surface area contributed by atoms with Crippen LogP contribution in [0.2, 0.25) is 0 Å². The molecule has 1 fully saturated rings. The lowest BCUT2D eigenvalue weighted by molar-refractivity contribution is 0.0608. The van der Waals surface area contributed by atoms with E-state index in [1.54, 1.807) is 6.07 Å². The topological polar surface area (TPSA) is 46.2 Å². The van der Waals surface area contributed by atoms with Gasteiger partial charge in [0.05, 0.1) is 12.1 Å². The fraction of sp³-hybridized carbons (Fsp3) is 0.600. The summed E-state index contributed by atoms with van der Waals surface area (Å²) in [4.78, 5) is 0. The third kappa shape index (κ3) is 2.90. The highest BCUT2D eigenvalue weighted by Crippen LogP contribution is 2.32. The molecule has 1 saturated carbocycles. The van der Waals surface area contributed by atoms with E-state index in [1.165, 1.54) is 12.5 Å². The van der Waals surface area contributed by atoms with Crippen LogP contribution in [-0.4, -0.2) is 11.2 Å². The van der Waals surface area contributed by atoms with Crippen LogP contribution in [0.25, 0.3) is 0 Å². The maximum atomic E-state index is 13.8. The molecule has 0 saturated heterocycles. The summed E-state index contributed by atoms with van der Waals surface area (Å²) in [7, 11) is 0. The molecule has 1 aliphatic carbocycles. The van der Waals surface area contributed by atoms with Crippen LogP contribution in [0.3, 0.4) is 0 Å². The molecule has 0 bridgehead atoms. The zero-order valence-corrected chi connectivity index (χ0v) is 10.9. The Morgan fingerprint density at radius 3 is 2.56 bits per heavy atom. The molecule has 100 valence electrons. The number of hydrogen-bond donors (Lipinski definition) is 2. The maximum absolute atomic E-state index is 13.8. The molecule has 2 nitrogen and oxygen atoms in total. The van der Waals surface area contributed by atoms with E-state index in [4.69, 9.17) is 5.73 Å². The van der Waals surface area contributed by atoms with Gasteiger partial charge in [0.15, 0.2) is 0 Å². The quantitative estimate of drug-likeness (QED) is 0.867. The van der Waals surface area contributed by atoms with E-state index in [-0.39, 0.29) is 11.7 Å². The highest BCUT2D eigenvalue weighted by atomic mass is 19.1. The average molecular weight is 251 g/mol. The molecule has 0 amide bonds. The van der Waals surface area contributed by atoms with Crippen molar-refractivity contribution in [2.45, 2.75) is 51.2 Å². The number of nitrogens with two attached hydrogens (primary N) is 1. The highest BCUT2D eigenvalue weighted by molar-refractivity contribution is 5.26. The molecule has 2 atom stereocenters. The first-order valence-electron chi connectivity index (χ1n) is 6.79. The number of aryl methyl sites for hydroxylation is 1. The molecule has 2 rings (SSSR count). The van der Waals surface area contributed by atoms with Crippen LogP contribution in [0.5, 0.6) is 0 Å². The van der Waals surface area contributed by atoms with Crippen LogP contribution in [0.4, 0.5) is 4.39 Å². The number of benzene rings is 1. The first-order chi connectivity index (χ1) is 8.59. The SMILES string of the molecule is Cc1ccc([C@@H](N)[C@@H](O)C2CCCCC2)c(F)c1. The Labute approximate surface area is 108 Å². The molecule has 0 heterocycles. The van der Waals surface area contributed by atoms with Gasteiger partial charge < -0.3 is 10.8 Å². The number of hydrogen-bond acceptors (Lipinski definition) is 2. The van der Waals surface area contributed by atoms with Gasteiger partial charge in [0, 0.05) is 5.56 Å². The van der Waals surface area contributed by atoms with Gasteiger partial charge >= 0.3 is 0 Å². The average Bonchev–Trinajstić information content (AvgIpc) is 2.38. The van der Waals surface area contributed by atoms with Crippen molar-refractivity contribution in [2.24, 2.45) is 11.7 Å². The van der Waals surface area contributed by atoms with Crippen molar-refractivity contribution < 1.29 is 9.50 Å². The van der Waals surface area contributed by atoms with Crippen LogP contribution in [0.15, 0.2) is 18.2 Å². The van der Waals surface area contributed by atoms with Crippen molar-refractivity contribution in [3.63, 3.8) is 0 Å². The minimum Gasteiger partial charge on any atom is -0.391 e. The number of rotatable bonds is 3. The molecule has 0 aliphatic heterocycles. The normalized spacial score (nSPS) is 20.7. The summed E-state index contributed by atoms with van der Waals surface area (Å²) in [6.45, 7) is 1.84. The lowest BCUT2D eigenvalue weighted by Crippen LogP contribution is -2.34. The molecule has 1 aliphatic rings. The molecule has 0 radical (unpaired) electrons. The standard InChI is InChI=1S/C15H22FNO/c1-10-7-8-12(13(16)9-10)14(17)15(18)11-5-3-2-4-6-11/h7-9,11,14-15,18H,2-6,17H2,1H3/t14-,15+/m1/s1. The van der Waals surface area contributed by atoms with Gasteiger partial charge in [-0.1, -0.05) is 31.4 Å². The smallest absolute Gasteiger partial charge is 0.128 e. The summed E-state index contributed by atoms with van der Waals surface area (Å²) < 4.78 is 13.8. The van der Waals surface area contributed by atoms with Gasteiger partial charge in [-0.3, -0.25) is 0 Å². The summed E-state index contributed by atoms with van der Waals surface area (Å²) in [5, 5.41) is 10.3. The number of aliphatic hydroxyl groups excluding tert-OH is 1. The monoisotopic (exact) mass is 251 g/mol. The van der Waals surface area contributed by atoms with Gasteiger partial charge in [-0.2, -0.15) is 0 Å². The second-order valence-corrected chi connectivity index (χ2v) is 5.44. The lowest BCUT2D eigenvalue weighted by atomic mass is 9.81. The largest absolute Gasteiger partial charge is 0.391 e. The van der Waals surface area contributed by atoms with E-state index in [1.807, 2.05) is 13.0 Å². The molecule has 0 spiro atoms. The second-order valence-electron chi connectivity index (χ2n) is 5.44. The molecule has 3 N–H and O–H groups in total. The van der Waals surface area contributed by atoms with Crippen LogP contribution in [0, 0.1) is 18.7 Å². The molecule has 18 heavy (non-hydrogen) atoms.